The van der Waals surface area contributed by atoms with E-state index in [1.54, 1.807) is 24.3 Å². The molecule has 9 heteroatoms. The van der Waals surface area contributed by atoms with E-state index in [1.807, 2.05) is 0 Å². The highest BCUT2D eigenvalue weighted by Crippen LogP contribution is 2.30. The number of carbonyl (C=O) groups is 1. The van der Waals surface area contributed by atoms with E-state index in [2.05, 4.69) is 10.3 Å². The minimum Gasteiger partial charge on any atom is -0.484 e. The predicted octanol–water partition coefficient (Wildman–Crippen LogP) is 2.53. The van der Waals surface area contributed by atoms with Gasteiger partial charge in [-0.2, -0.15) is 0 Å². The number of amides is 2. The van der Waals surface area contributed by atoms with Crippen LogP contribution in [0.25, 0.3) is 10.2 Å². The maximum absolute atomic E-state index is 13.7. The van der Waals surface area contributed by atoms with Gasteiger partial charge in [-0.05, 0) is 32.8 Å². The Morgan fingerprint density at radius 1 is 1.43 bits per heavy atom. The van der Waals surface area contributed by atoms with Crippen LogP contribution in [0.15, 0.2) is 17.6 Å². The summed E-state index contributed by atoms with van der Waals surface area (Å²) in [6.45, 7) is 4.73. The molecule has 0 unspecified atom stereocenters. The average Bonchev–Trinajstić information content (AvgIpc) is 3.05. The summed E-state index contributed by atoms with van der Waals surface area (Å²) in [5.41, 5.74) is 1.43. The molecule has 2 saturated heterocycles. The summed E-state index contributed by atoms with van der Waals surface area (Å²) in [6, 6.07) is 2.55. The predicted molar refractivity (Wildman–Crippen MR) is 103 cm³/mol. The summed E-state index contributed by atoms with van der Waals surface area (Å²) >= 11 is 1.36. The normalized spacial score (nSPS) is 23.5. The van der Waals surface area contributed by atoms with Crippen molar-refractivity contribution in [1.29, 1.82) is 0 Å². The van der Waals surface area contributed by atoms with Crippen molar-refractivity contribution in [2.75, 3.05) is 19.7 Å². The summed E-state index contributed by atoms with van der Waals surface area (Å²) in [6.07, 6.45) is 1.07. The molecule has 4 rings (SSSR count). The number of carbonyl (C=O) groups excluding carboxylic acids is 1. The maximum atomic E-state index is 13.7. The molecular formula is C19H24FN3O4S. The second-order valence-corrected chi connectivity index (χ2v) is 8.83. The largest absolute Gasteiger partial charge is 0.484 e. The third-order valence-electron chi connectivity index (χ3n) is 5.19. The number of thiazole rings is 1. The van der Waals surface area contributed by atoms with Crippen molar-refractivity contribution in [3.8, 4) is 5.75 Å². The van der Waals surface area contributed by atoms with Crippen molar-refractivity contribution in [1.82, 2.24) is 15.2 Å². The molecule has 0 radical (unpaired) electrons. The van der Waals surface area contributed by atoms with Gasteiger partial charge in [-0.25, -0.2) is 14.2 Å². The Hall–Kier alpha value is -1.97. The van der Waals surface area contributed by atoms with Crippen LogP contribution < -0.4 is 10.1 Å². The van der Waals surface area contributed by atoms with Crippen molar-refractivity contribution in [2.24, 2.45) is 0 Å². The van der Waals surface area contributed by atoms with E-state index in [-0.39, 0.29) is 30.1 Å². The van der Waals surface area contributed by atoms with Crippen LogP contribution in [0.3, 0.4) is 0 Å². The van der Waals surface area contributed by atoms with E-state index >= 15 is 0 Å². The molecule has 1 aromatic carbocycles. The lowest BCUT2D eigenvalue weighted by Crippen LogP contribution is -2.61. The fourth-order valence-electron chi connectivity index (χ4n) is 3.54. The fraction of sp³-hybridized carbons (Fsp3) is 0.579. The Morgan fingerprint density at radius 2 is 2.21 bits per heavy atom. The van der Waals surface area contributed by atoms with Crippen LogP contribution in [0.5, 0.6) is 5.75 Å². The lowest BCUT2D eigenvalue weighted by atomic mass is 9.93. The molecule has 152 valence electrons. The zero-order valence-corrected chi connectivity index (χ0v) is 16.7. The number of hydrogen-bond acceptors (Lipinski definition) is 6. The third-order valence-corrected chi connectivity index (χ3v) is 5.96. The van der Waals surface area contributed by atoms with E-state index < -0.39 is 5.60 Å². The first kappa shape index (κ1) is 19.4. The van der Waals surface area contributed by atoms with Crippen LogP contribution >= 0.6 is 11.3 Å². The zero-order chi connectivity index (χ0) is 19.9. The highest BCUT2D eigenvalue weighted by atomic mass is 32.1. The Kier molecular flexibility index (Phi) is 5.15. The number of aromatic nitrogens is 1. The standard InChI is InChI=1S/C19H24FN3O4S/c1-19(2,25)16-4-3-12(9-26-16)22-18(24)23-7-13(8-23)27-14-5-11(20)6-15-17(14)21-10-28-15/h5-6,10,12-13,16,25H,3-4,7-9H2,1-2H3,(H,22,24)/t12-,16+/m1/s1. The molecule has 2 N–H and O–H groups in total. The first-order valence-electron chi connectivity index (χ1n) is 9.38. The molecule has 0 saturated carbocycles. The third kappa shape index (κ3) is 4.06. The van der Waals surface area contributed by atoms with Crippen molar-refractivity contribution >= 4 is 27.6 Å². The molecule has 0 bridgehead atoms. The van der Waals surface area contributed by atoms with E-state index in [4.69, 9.17) is 9.47 Å². The minimum absolute atomic E-state index is 0.0658. The number of nitrogens with one attached hydrogen (secondary N) is 1. The topological polar surface area (TPSA) is 83.9 Å². The lowest BCUT2D eigenvalue weighted by molar-refractivity contribution is -0.114. The molecule has 0 spiro atoms. The number of nitrogens with zero attached hydrogens (tertiary/aromatic N) is 2. The van der Waals surface area contributed by atoms with Crippen molar-refractivity contribution in [3.63, 3.8) is 0 Å². The molecule has 2 fully saturated rings. The van der Waals surface area contributed by atoms with E-state index in [9.17, 15) is 14.3 Å². The molecule has 2 amide bonds. The molecule has 7 nitrogen and oxygen atoms in total. The number of aliphatic hydroxyl groups is 1. The SMILES string of the molecule is CC(C)(O)[C@@H]1CC[C@@H](NC(=O)N2CC(Oc3cc(F)cc4scnc34)C2)CO1. The molecule has 2 aliphatic heterocycles. The fourth-order valence-corrected chi connectivity index (χ4v) is 4.26. The highest BCUT2D eigenvalue weighted by molar-refractivity contribution is 7.16. The van der Waals surface area contributed by atoms with Gasteiger partial charge in [0.1, 0.15) is 23.2 Å². The molecule has 1 aromatic heterocycles. The number of benzene rings is 1. The quantitative estimate of drug-likeness (QED) is 0.811. The number of ether oxygens (including phenoxy) is 2. The van der Waals surface area contributed by atoms with Crippen LogP contribution in [0.1, 0.15) is 26.7 Å². The van der Waals surface area contributed by atoms with Crippen molar-refractivity contribution in [2.45, 2.75) is 50.5 Å². The average molecular weight is 409 g/mol. The zero-order valence-electron chi connectivity index (χ0n) is 15.9. The van der Waals surface area contributed by atoms with Gasteiger partial charge in [-0.1, -0.05) is 0 Å². The first-order chi connectivity index (χ1) is 13.3. The minimum atomic E-state index is -0.878. The summed E-state index contributed by atoms with van der Waals surface area (Å²) in [7, 11) is 0. The van der Waals surface area contributed by atoms with Gasteiger partial charge in [0, 0.05) is 6.07 Å². The molecule has 2 atom stereocenters. The lowest BCUT2D eigenvalue weighted by Gasteiger charge is -2.41. The number of urea groups is 1. The van der Waals surface area contributed by atoms with Crippen LogP contribution in [0, 0.1) is 5.82 Å². The van der Waals surface area contributed by atoms with Gasteiger partial charge in [-0.15, -0.1) is 11.3 Å². The summed E-state index contributed by atoms with van der Waals surface area (Å²) in [5, 5.41) is 13.0. The van der Waals surface area contributed by atoms with Crippen molar-refractivity contribution in [3.05, 3.63) is 23.5 Å². The van der Waals surface area contributed by atoms with E-state index in [1.165, 1.54) is 23.5 Å². The summed E-state index contributed by atoms with van der Waals surface area (Å²) < 4.78 is 26.0. The second-order valence-electron chi connectivity index (χ2n) is 7.95. The first-order valence-corrected chi connectivity index (χ1v) is 10.3. The maximum Gasteiger partial charge on any atom is 0.317 e. The number of fused-ring (bicyclic) bond motifs is 1. The number of halogens is 1. The van der Waals surface area contributed by atoms with Gasteiger partial charge < -0.3 is 24.8 Å². The van der Waals surface area contributed by atoms with Gasteiger partial charge in [0.2, 0.25) is 0 Å². The number of likely N-dealkylation sites (tertiary alicyclic amines) is 1. The number of rotatable bonds is 4. The molecule has 0 aliphatic carbocycles. The van der Waals surface area contributed by atoms with E-state index in [0.29, 0.717) is 37.4 Å². The second kappa shape index (κ2) is 7.46. The van der Waals surface area contributed by atoms with Crippen LogP contribution in [-0.2, 0) is 4.74 Å². The van der Waals surface area contributed by atoms with E-state index in [0.717, 1.165) is 11.1 Å². The molecule has 2 aliphatic rings. The number of hydrogen-bond donors (Lipinski definition) is 2. The molecule has 3 heterocycles. The van der Waals surface area contributed by atoms with Crippen LogP contribution in [-0.4, -0.2) is 64.6 Å². The van der Waals surface area contributed by atoms with Gasteiger partial charge in [-0.3, -0.25) is 0 Å². The van der Waals surface area contributed by atoms with Crippen LogP contribution in [0.4, 0.5) is 9.18 Å². The monoisotopic (exact) mass is 409 g/mol. The smallest absolute Gasteiger partial charge is 0.317 e. The Morgan fingerprint density at radius 3 is 2.89 bits per heavy atom. The summed E-state index contributed by atoms with van der Waals surface area (Å²) in [5.74, 6) is 0.0574. The van der Waals surface area contributed by atoms with Gasteiger partial charge in [0.25, 0.3) is 0 Å². The summed E-state index contributed by atoms with van der Waals surface area (Å²) in [4.78, 5) is 18.3. The van der Waals surface area contributed by atoms with Gasteiger partial charge in [0.15, 0.2) is 0 Å². The Balaban J connectivity index is 1.25. The van der Waals surface area contributed by atoms with Crippen LogP contribution in [0.2, 0.25) is 0 Å². The highest BCUT2D eigenvalue weighted by Gasteiger charge is 2.36. The van der Waals surface area contributed by atoms with Gasteiger partial charge >= 0.3 is 6.03 Å². The molecule has 28 heavy (non-hydrogen) atoms. The molecule has 2 aromatic rings. The Bertz CT molecular complexity index is 854. The van der Waals surface area contributed by atoms with Crippen molar-refractivity contribution < 1.29 is 23.8 Å². The Labute approximate surface area is 166 Å². The molecular weight excluding hydrogens is 385 g/mol. The van der Waals surface area contributed by atoms with Gasteiger partial charge in [0.05, 0.1) is 47.7 Å².